The van der Waals surface area contributed by atoms with Crippen LogP contribution in [0.15, 0.2) is 12.1 Å². The van der Waals surface area contributed by atoms with E-state index in [4.69, 9.17) is 4.74 Å². The molecule has 14 heavy (non-hydrogen) atoms. The summed E-state index contributed by atoms with van der Waals surface area (Å²) in [6, 6.07) is 3.47. The predicted octanol–water partition coefficient (Wildman–Crippen LogP) is 1.69. The number of carbonyl (C=O) groups is 1. The summed E-state index contributed by atoms with van der Waals surface area (Å²) in [6.45, 7) is 1.91. The molecule has 0 aliphatic rings. The smallest absolute Gasteiger partial charge is 0.150 e. The molecule has 0 amide bonds. The average Bonchev–Trinajstić information content (AvgIpc) is 2.59. The molecule has 0 aliphatic heterocycles. The molecule has 0 spiro atoms. The Morgan fingerprint density at radius 2 is 2.29 bits per heavy atom. The molecule has 0 radical (unpaired) electrons. The molecule has 0 bridgehead atoms. The second kappa shape index (κ2) is 3.14. The van der Waals surface area contributed by atoms with Gasteiger partial charge in [-0.25, -0.2) is 0 Å². The van der Waals surface area contributed by atoms with E-state index in [0.29, 0.717) is 11.3 Å². The van der Waals surface area contributed by atoms with Gasteiger partial charge in [0.15, 0.2) is 0 Å². The van der Waals surface area contributed by atoms with Crippen LogP contribution in [-0.2, 0) is 0 Å². The predicted molar refractivity (Wildman–Crippen MR) is 52.8 cm³/mol. The minimum Gasteiger partial charge on any atom is -0.494 e. The molecule has 0 fully saturated rings. The SMILES string of the molecule is COc1cc(C=O)cc2c(C)[nH]nc12. The van der Waals surface area contributed by atoms with Gasteiger partial charge in [0.05, 0.1) is 7.11 Å². The Morgan fingerprint density at radius 3 is 2.93 bits per heavy atom. The third-order valence-corrected chi connectivity index (χ3v) is 2.19. The number of hydrogen-bond donors (Lipinski definition) is 1. The van der Waals surface area contributed by atoms with Crippen molar-refractivity contribution in [2.45, 2.75) is 6.92 Å². The van der Waals surface area contributed by atoms with Crippen molar-refractivity contribution in [2.24, 2.45) is 0 Å². The topological polar surface area (TPSA) is 55.0 Å². The van der Waals surface area contributed by atoms with Crippen molar-refractivity contribution >= 4 is 17.2 Å². The lowest BCUT2D eigenvalue weighted by Crippen LogP contribution is -1.88. The van der Waals surface area contributed by atoms with Crippen molar-refractivity contribution in [1.82, 2.24) is 10.2 Å². The van der Waals surface area contributed by atoms with E-state index in [0.717, 1.165) is 22.9 Å². The standard InChI is InChI=1S/C10H10N2O2/c1-6-8-3-7(5-13)4-9(14-2)10(8)12-11-6/h3-5H,1-2H3,(H,11,12). The number of aryl methyl sites for hydroxylation is 1. The molecule has 72 valence electrons. The minimum absolute atomic E-state index is 0.596. The van der Waals surface area contributed by atoms with Crippen molar-refractivity contribution < 1.29 is 9.53 Å². The third-order valence-electron chi connectivity index (χ3n) is 2.19. The molecule has 1 aromatic carbocycles. The molecule has 1 N–H and O–H groups in total. The number of rotatable bonds is 2. The van der Waals surface area contributed by atoms with Crippen molar-refractivity contribution in [2.75, 3.05) is 7.11 Å². The first-order valence-corrected chi connectivity index (χ1v) is 4.24. The van der Waals surface area contributed by atoms with Gasteiger partial charge >= 0.3 is 0 Å². The van der Waals surface area contributed by atoms with Crippen LogP contribution in [-0.4, -0.2) is 23.6 Å². The zero-order valence-corrected chi connectivity index (χ0v) is 8.00. The summed E-state index contributed by atoms with van der Waals surface area (Å²) in [5.74, 6) is 0.619. The first-order chi connectivity index (χ1) is 6.76. The monoisotopic (exact) mass is 190 g/mol. The van der Waals surface area contributed by atoms with Gasteiger partial charge in [0.2, 0.25) is 0 Å². The minimum atomic E-state index is 0.596. The largest absolute Gasteiger partial charge is 0.494 e. The van der Waals surface area contributed by atoms with E-state index in [1.807, 2.05) is 6.92 Å². The summed E-state index contributed by atoms with van der Waals surface area (Å²) in [6.07, 6.45) is 0.800. The number of ether oxygens (including phenoxy) is 1. The zero-order valence-electron chi connectivity index (χ0n) is 8.00. The normalized spacial score (nSPS) is 10.4. The summed E-state index contributed by atoms with van der Waals surface area (Å²) in [5.41, 5.74) is 2.29. The second-order valence-electron chi connectivity index (χ2n) is 3.09. The molecule has 4 nitrogen and oxygen atoms in total. The quantitative estimate of drug-likeness (QED) is 0.733. The maximum atomic E-state index is 10.7. The Morgan fingerprint density at radius 1 is 1.50 bits per heavy atom. The number of carbonyl (C=O) groups excluding carboxylic acids is 1. The Labute approximate surface area is 80.9 Å². The van der Waals surface area contributed by atoms with Crippen LogP contribution in [0.4, 0.5) is 0 Å². The molecule has 0 atom stereocenters. The zero-order chi connectivity index (χ0) is 10.1. The lowest BCUT2D eigenvalue weighted by Gasteiger charge is -2.01. The number of aromatic amines is 1. The summed E-state index contributed by atoms with van der Waals surface area (Å²) in [4.78, 5) is 10.7. The van der Waals surface area contributed by atoms with Gasteiger partial charge < -0.3 is 4.74 Å². The maximum Gasteiger partial charge on any atom is 0.150 e. The van der Waals surface area contributed by atoms with E-state index in [1.54, 1.807) is 19.2 Å². The highest BCUT2D eigenvalue weighted by atomic mass is 16.5. The van der Waals surface area contributed by atoms with Gasteiger partial charge in [0.25, 0.3) is 0 Å². The van der Waals surface area contributed by atoms with E-state index in [2.05, 4.69) is 10.2 Å². The van der Waals surface area contributed by atoms with Gasteiger partial charge in [-0.05, 0) is 19.1 Å². The van der Waals surface area contributed by atoms with Crippen LogP contribution >= 0.6 is 0 Å². The molecule has 4 heteroatoms. The first kappa shape index (κ1) is 8.74. The molecule has 1 heterocycles. The van der Waals surface area contributed by atoms with Crippen LogP contribution in [0.5, 0.6) is 5.75 Å². The lowest BCUT2D eigenvalue weighted by atomic mass is 10.1. The van der Waals surface area contributed by atoms with Crippen molar-refractivity contribution in [3.63, 3.8) is 0 Å². The van der Waals surface area contributed by atoms with Crippen molar-refractivity contribution in [3.05, 3.63) is 23.4 Å². The molecule has 0 unspecified atom stereocenters. The number of H-pyrrole nitrogens is 1. The highest BCUT2D eigenvalue weighted by molar-refractivity contribution is 5.92. The summed E-state index contributed by atoms with van der Waals surface area (Å²) in [7, 11) is 1.56. The Hall–Kier alpha value is -1.84. The fraction of sp³-hybridized carbons (Fsp3) is 0.200. The number of benzene rings is 1. The summed E-state index contributed by atoms with van der Waals surface area (Å²) < 4.78 is 5.14. The highest BCUT2D eigenvalue weighted by Crippen LogP contribution is 2.26. The number of nitrogens with zero attached hydrogens (tertiary/aromatic N) is 1. The van der Waals surface area contributed by atoms with Gasteiger partial charge in [-0.2, -0.15) is 5.10 Å². The molecular formula is C10H10N2O2. The maximum absolute atomic E-state index is 10.7. The highest BCUT2D eigenvalue weighted by Gasteiger charge is 2.08. The van der Waals surface area contributed by atoms with E-state index < -0.39 is 0 Å². The summed E-state index contributed by atoms with van der Waals surface area (Å²) in [5, 5.41) is 7.88. The van der Waals surface area contributed by atoms with E-state index >= 15 is 0 Å². The molecule has 0 saturated heterocycles. The van der Waals surface area contributed by atoms with Gasteiger partial charge in [0.1, 0.15) is 17.6 Å². The number of aromatic nitrogens is 2. The van der Waals surface area contributed by atoms with Crippen LogP contribution in [0.25, 0.3) is 10.9 Å². The van der Waals surface area contributed by atoms with Crippen LogP contribution in [0.1, 0.15) is 16.1 Å². The first-order valence-electron chi connectivity index (χ1n) is 4.24. The summed E-state index contributed by atoms with van der Waals surface area (Å²) >= 11 is 0. The fourth-order valence-corrected chi connectivity index (χ4v) is 1.45. The molecule has 0 aliphatic carbocycles. The number of nitrogens with one attached hydrogen (secondary N) is 1. The van der Waals surface area contributed by atoms with Gasteiger partial charge in [0, 0.05) is 16.6 Å². The Kier molecular flexibility index (Phi) is 1.96. The van der Waals surface area contributed by atoms with Crippen LogP contribution < -0.4 is 4.74 Å². The molecule has 0 saturated carbocycles. The number of methoxy groups -OCH3 is 1. The second-order valence-corrected chi connectivity index (χ2v) is 3.09. The molecular weight excluding hydrogens is 180 g/mol. The van der Waals surface area contributed by atoms with E-state index in [9.17, 15) is 4.79 Å². The van der Waals surface area contributed by atoms with Crippen molar-refractivity contribution in [3.8, 4) is 5.75 Å². The average molecular weight is 190 g/mol. The number of hydrogen-bond acceptors (Lipinski definition) is 3. The van der Waals surface area contributed by atoms with Crippen LogP contribution in [0.2, 0.25) is 0 Å². The third kappa shape index (κ3) is 1.16. The van der Waals surface area contributed by atoms with E-state index in [-0.39, 0.29) is 0 Å². The van der Waals surface area contributed by atoms with Gasteiger partial charge in [-0.15, -0.1) is 0 Å². The molecule has 2 rings (SSSR count). The fourth-order valence-electron chi connectivity index (χ4n) is 1.45. The number of fused-ring (bicyclic) bond motifs is 1. The molecule has 1 aromatic heterocycles. The molecule has 2 aromatic rings. The van der Waals surface area contributed by atoms with Crippen LogP contribution in [0.3, 0.4) is 0 Å². The lowest BCUT2D eigenvalue weighted by molar-refractivity contribution is 0.112. The Bertz CT molecular complexity index is 488. The van der Waals surface area contributed by atoms with Gasteiger partial charge in [-0.1, -0.05) is 0 Å². The number of aldehydes is 1. The van der Waals surface area contributed by atoms with Crippen molar-refractivity contribution in [1.29, 1.82) is 0 Å². The Balaban J connectivity index is 2.82. The van der Waals surface area contributed by atoms with E-state index in [1.165, 1.54) is 0 Å². The van der Waals surface area contributed by atoms with Crippen LogP contribution in [0, 0.1) is 6.92 Å². The van der Waals surface area contributed by atoms with Gasteiger partial charge in [-0.3, -0.25) is 9.89 Å².